The first-order valence-electron chi connectivity index (χ1n) is 17.9. The van der Waals surface area contributed by atoms with Crippen molar-refractivity contribution in [1.82, 2.24) is 29.9 Å². The zero-order valence-corrected chi connectivity index (χ0v) is 30.2. The molecule has 0 N–H and O–H groups in total. The molecular weight excluding hydrogens is 696 g/mol. The summed E-state index contributed by atoms with van der Waals surface area (Å²) in [6.45, 7) is 0. The molecule has 0 aliphatic rings. The normalized spacial score (nSPS) is 11.0. The summed E-state index contributed by atoms with van der Waals surface area (Å²) in [5.41, 5.74) is 9.40. The highest BCUT2D eigenvalue weighted by Crippen LogP contribution is 2.35. The summed E-state index contributed by atoms with van der Waals surface area (Å²) in [6, 6.07) is 62.7. The van der Waals surface area contributed by atoms with E-state index in [0.717, 1.165) is 55.6 Å². The van der Waals surface area contributed by atoms with E-state index in [1.807, 2.05) is 121 Å². The van der Waals surface area contributed by atoms with Gasteiger partial charge in [0.2, 0.25) is 0 Å². The topological polar surface area (TPSA) is 77.3 Å². The molecule has 0 unspecified atom stereocenters. The van der Waals surface area contributed by atoms with Crippen LogP contribution in [0, 0.1) is 0 Å². The van der Waals surface area contributed by atoms with Crippen molar-refractivity contribution >= 4 is 11.6 Å². The van der Waals surface area contributed by atoms with E-state index in [9.17, 15) is 0 Å². The van der Waals surface area contributed by atoms with Gasteiger partial charge in [0.25, 0.3) is 0 Å². The second kappa shape index (κ2) is 15.1. The molecule has 2 aromatic heterocycles. The molecule has 0 fully saturated rings. The van der Waals surface area contributed by atoms with E-state index in [1.165, 1.54) is 0 Å². The van der Waals surface area contributed by atoms with Crippen molar-refractivity contribution in [2.45, 2.75) is 0 Å². The maximum atomic E-state index is 6.62. The maximum Gasteiger partial charge on any atom is 0.165 e. The molecule has 0 saturated heterocycles. The first kappa shape index (κ1) is 33.7. The highest BCUT2D eigenvalue weighted by Gasteiger charge is 2.17. The van der Waals surface area contributed by atoms with Gasteiger partial charge in [-0.05, 0) is 52.6 Å². The Bertz CT molecular complexity index is 2690. The molecule has 0 spiro atoms. The number of halogens is 1. The van der Waals surface area contributed by atoms with E-state index in [1.54, 1.807) is 0 Å². The van der Waals surface area contributed by atoms with E-state index >= 15 is 0 Å². The molecule has 7 aromatic carbocycles. The van der Waals surface area contributed by atoms with Crippen LogP contribution in [0.15, 0.2) is 188 Å². The molecule has 7 heteroatoms. The van der Waals surface area contributed by atoms with Crippen LogP contribution in [0.2, 0.25) is 5.02 Å². The SMILES string of the molecule is Clc1ccccc1-c1nc(-c2ccccc2)nc(-c2ccc(-c3cc(-c4ccccc4)cc(-c4nc(-c5ccccc5)nc(-c5ccccc5)n4)c3)cc2)n1. The Morgan fingerprint density at radius 1 is 0.236 bits per heavy atom. The lowest BCUT2D eigenvalue weighted by Gasteiger charge is -2.13. The minimum atomic E-state index is 0.515. The molecule has 0 radical (unpaired) electrons. The molecule has 6 nitrogen and oxygen atoms in total. The summed E-state index contributed by atoms with van der Waals surface area (Å²) in [5, 5.41) is 0.577. The van der Waals surface area contributed by atoms with Gasteiger partial charge in [0, 0.05) is 33.4 Å². The van der Waals surface area contributed by atoms with E-state index in [2.05, 4.69) is 66.7 Å². The van der Waals surface area contributed by atoms with E-state index in [0.29, 0.717) is 40.0 Å². The van der Waals surface area contributed by atoms with Crippen molar-refractivity contribution in [3.05, 3.63) is 193 Å². The fourth-order valence-electron chi connectivity index (χ4n) is 6.45. The van der Waals surface area contributed by atoms with E-state index in [-0.39, 0.29) is 0 Å². The van der Waals surface area contributed by atoms with Crippen molar-refractivity contribution in [1.29, 1.82) is 0 Å². The molecule has 0 bridgehead atoms. The van der Waals surface area contributed by atoms with Crippen LogP contribution < -0.4 is 0 Å². The first-order valence-corrected chi connectivity index (χ1v) is 18.3. The minimum absolute atomic E-state index is 0.515. The van der Waals surface area contributed by atoms with Gasteiger partial charge in [0.05, 0.1) is 5.02 Å². The lowest BCUT2D eigenvalue weighted by molar-refractivity contribution is 1.07. The highest BCUT2D eigenvalue weighted by atomic mass is 35.5. The molecule has 55 heavy (non-hydrogen) atoms. The molecule has 0 aliphatic carbocycles. The standard InChI is InChI=1S/C48H31ClN6/c49-42-24-14-13-23-41(42)48-54-45(36-21-11-4-12-22-36)51-46(55-48)37-27-25-33(26-28-37)39-29-38(32-15-5-1-6-16-32)30-40(31-39)47-52-43(34-17-7-2-8-18-34)50-44(53-47)35-19-9-3-10-20-35/h1-31H. The molecule has 9 rings (SSSR count). The molecule has 260 valence electrons. The fraction of sp³-hybridized carbons (Fsp3) is 0. The summed E-state index contributed by atoms with van der Waals surface area (Å²) in [7, 11) is 0. The largest absolute Gasteiger partial charge is 0.208 e. The van der Waals surface area contributed by atoms with Gasteiger partial charge in [-0.25, -0.2) is 29.9 Å². The molecule has 0 aliphatic heterocycles. The van der Waals surface area contributed by atoms with E-state index in [4.69, 9.17) is 41.5 Å². The van der Waals surface area contributed by atoms with Crippen molar-refractivity contribution in [3.63, 3.8) is 0 Å². The average molecular weight is 727 g/mol. The number of hydrogen-bond acceptors (Lipinski definition) is 6. The van der Waals surface area contributed by atoms with Crippen LogP contribution in [0.4, 0.5) is 0 Å². The predicted molar refractivity (Wildman–Crippen MR) is 222 cm³/mol. The number of nitrogens with zero attached hydrogens (tertiary/aromatic N) is 6. The lowest BCUT2D eigenvalue weighted by Crippen LogP contribution is -2.01. The second-order valence-electron chi connectivity index (χ2n) is 12.9. The van der Waals surface area contributed by atoms with Crippen LogP contribution in [0.3, 0.4) is 0 Å². The van der Waals surface area contributed by atoms with Crippen molar-refractivity contribution in [2.75, 3.05) is 0 Å². The van der Waals surface area contributed by atoms with Crippen molar-refractivity contribution in [2.24, 2.45) is 0 Å². The quantitative estimate of drug-likeness (QED) is 0.155. The van der Waals surface area contributed by atoms with Crippen LogP contribution in [-0.2, 0) is 0 Å². The third-order valence-corrected chi connectivity index (χ3v) is 9.59. The zero-order chi connectivity index (χ0) is 37.0. The summed E-state index contributed by atoms with van der Waals surface area (Å²) < 4.78 is 0. The third kappa shape index (κ3) is 7.27. The van der Waals surface area contributed by atoms with Gasteiger partial charge < -0.3 is 0 Å². The second-order valence-corrected chi connectivity index (χ2v) is 13.3. The Balaban J connectivity index is 1.16. The maximum absolute atomic E-state index is 6.62. The van der Waals surface area contributed by atoms with Crippen LogP contribution >= 0.6 is 11.6 Å². The van der Waals surface area contributed by atoms with Crippen LogP contribution in [0.25, 0.3) is 90.6 Å². The summed E-state index contributed by atoms with van der Waals surface area (Å²) >= 11 is 6.62. The molecule has 9 aromatic rings. The summed E-state index contributed by atoms with van der Waals surface area (Å²) in [5.74, 6) is 3.47. The Morgan fingerprint density at radius 2 is 0.527 bits per heavy atom. The average Bonchev–Trinajstić information content (AvgIpc) is 3.27. The van der Waals surface area contributed by atoms with Gasteiger partial charge in [-0.3, -0.25) is 0 Å². The van der Waals surface area contributed by atoms with E-state index < -0.39 is 0 Å². The molecule has 2 heterocycles. The summed E-state index contributed by atoms with van der Waals surface area (Å²) in [4.78, 5) is 29.6. The predicted octanol–water partition coefficient (Wildman–Crippen LogP) is 12.0. The van der Waals surface area contributed by atoms with Gasteiger partial charge >= 0.3 is 0 Å². The molecule has 0 atom stereocenters. The molecular formula is C48H31ClN6. The molecule has 0 amide bonds. The Kier molecular flexibility index (Phi) is 9.22. The molecule has 0 saturated carbocycles. The van der Waals surface area contributed by atoms with Gasteiger partial charge in [-0.1, -0.05) is 169 Å². The van der Waals surface area contributed by atoms with Gasteiger partial charge in [0.1, 0.15) is 0 Å². The number of rotatable bonds is 8. The van der Waals surface area contributed by atoms with Gasteiger partial charge in [0.15, 0.2) is 34.9 Å². The number of aromatic nitrogens is 6. The Hall–Kier alpha value is -7.15. The van der Waals surface area contributed by atoms with Crippen molar-refractivity contribution in [3.8, 4) is 90.6 Å². The fourth-order valence-corrected chi connectivity index (χ4v) is 6.67. The number of hydrogen-bond donors (Lipinski definition) is 0. The van der Waals surface area contributed by atoms with Crippen LogP contribution in [0.5, 0.6) is 0 Å². The van der Waals surface area contributed by atoms with Gasteiger partial charge in [-0.15, -0.1) is 0 Å². The summed E-state index contributed by atoms with van der Waals surface area (Å²) in [6.07, 6.45) is 0. The number of benzene rings is 7. The van der Waals surface area contributed by atoms with Crippen LogP contribution in [-0.4, -0.2) is 29.9 Å². The van der Waals surface area contributed by atoms with Gasteiger partial charge in [-0.2, -0.15) is 0 Å². The van der Waals surface area contributed by atoms with Crippen molar-refractivity contribution < 1.29 is 0 Å². The Labute approximate surface area is 324 Å². The van der Waals surface area contributed by atoms with Crippen LogP contribution in [0.1, 0.15) is 0 Å². The minimum Gasteiger partial charge on any atom is -0.208 e. The zero-order valence-electron chi connectivity index (χ0n) is 29.5. The monoisotopic (exact) mass is 726 g/mol. The lowest BCUT2D eigenvalue weighted by atomic mass is 9.95. The first-order chi connectivity index (χ1) is 27.1. The Morgan fingerprint density at radius 3 is 0.964 bits per heavy atom. The third-order valence-electron chi connectivity index (χ3n) is 9.26. The smallest absolute Gasteiger partial charge is 0.165 e. The highest BCUT2D eigenvalue weighted by molar-refractivity contribution is 6.33.